The van der Waals surface area contributed by atoms with Crippen molar-refractivity contribution in [1.29, 1.82) is 0 Å². The summed E-state index contributed by atoms with van der Waals surface area (Å²) in [7, 11) is 0. The fourth-order valence-corrected chi connectivity index (χ4v) is 3.34. The van der Waals surface area contributed by atoms with Gasteiger partial charge in [-0.1, -0.05) is 11.6 Å². The molecule has 112 valence electrons. The molecule has 3 rings (SSSR count). The van der Waals surface area contributed by atoms with Gasteiger partial charge in [-0.25, -0.2) is 9.82 Å². The first-order chi connectivity index (χ1) is 10.5. The molecule has 7 heteroatoms. The smallest absolute Gasteiger partial charge is 0.283 e. The van der Waals surface area contributed by atoms with Crippen molar-refractivity contribution in [2.45, 2.75) is 6.92 Å². The average Bonchev–Trinajstić information content (AvgIpc) is 3.03. The third-order valence-corrected chi connectivity index (χ3v) is 4.57. The Morgan fingerprint density at radius 2 is 2.23 bits per heavy atom. The minimum absolute atomic E-state index is 0.287. The van der Waals surface area contributed by atoms with Gasteiger partial charge in [0.05, 0.1) is 11.2 Å². The molecule has 1 amide bonds. The topological polar surface area (TPSA) is 54.6 Å². The van der Waals surface area contributed by atoms with Gasteiger partial charge in [-0.05, 0) is 37.3 Å². The molecular weight excluding hydrogens is 327 g/mol. The lowest BCUT2D eigenvalue weighted by atomic mass is 10.2. The van der Waals surface area contributed by atoms with Crippen LogP contribution in [0.5, 0.6) is 0 Å². The van der Waals surface area contributed by atoms with Crippen LogP contribution in [0, 0.1) is 12.7 Å². The molecule has 0 unspecified atom stereocenters. The fourth-order valence-electron chi connectivity index (χ4n) is 1.91. The van der Waals surface area contributed by atoms with E-state index in [2.05, 4.69) is 10.5 Å². The van der Waals surface area contributed by atoms with Gasteiger partial charge in [0.1, 0.15) is 22.2 Å². The number of rotatable bonds is 3. The lowest BCUT2D eigenvalue weighted by Crippen LogP contribution is -2.16. The fraction of sp³-hybridized carbons (Fsp3) is 0.0667. The second-order valence-corrected chi connectivity index (χ2v) is 5.96. The van der Waals surface area contributed by atoms with Crippen LogP contribution in [-0.2, 0) is 0 Å². The minimum Gasteiger partial charge on any atom is -0.460 e. The molecule has 0 atom stereocenters. The SMILES string of the molecule is Cc1ccc(C=NNC(=O)c2sc3cc(F)ccc3c2Cl)o1. The molecule has 0 spiro atoms. The normalized spacial score (nSPS) is 11.4. The summed E-state index contributed by atoms with van der Waals surface area (Å²) < 4.78 is 19.1. The van der Waals surface area contributed by atoms with E-state index in [1.165, 1.54) is 18.3 Å². The van der Waals surface area contributed by atoms with E-state index in [4.69, 9.17) is 16.0 Å². The highest BCUT2D eigenvalue weighted by atomic mass is 35.5. The van der Waals surface area contributed by atoms with Gasteiger partial charge in [0.25, 0.3) is 5.91 Å². The first-order valence-electron chi connectivity index (χ1n) is 6.32. The minimum atomic E-state index is -0.453. The quantitative estimate of drug-likeness (QED) is 0.570. The highest BCUT2D eigenvalue weighted by Crippen LogP contribution is 2.35. The number of hydrazone groups is 1. The molecule has 2 heterocycles. The number of fused-ring (bicyclic) bond motifs is 1. The molecule has 1 aromatic carbocycles. The van der Waals surface area contributed by atoms with Crippen LogP contribution >= 0.6 is 22.9 Å². The molecule has 22 heavy (non-hydrogen) atoms. The predicted octanol–water partition coefficient (Wildman–Crippen LogP) is 4.36. The monoisotopic (exact) mass is 336 g/mol. The van der Waals surface area contributed by atoms with Crippen molar-refractivity contribution in [1.82, 2.24) is 5.43 Å². The molecule has 0 bridgehead atoms. The Kier molecular flexibility index (Phi) is 3.96. The van der Waals surface area contributed by atoms with E-state index >= 15 is 0 Å². The predicted molar refractivity (Wildman–Crippen MR) is 85.3 cm³/mol. The molecule has 0 aliphatic heterocycles. The van der Waals surface area contributed by atoms with Crippen molar-refractivity contribution < 1.29 is 13.6 Å². The number of nitrogens with zero attached hydrogens (tertiary/aromatic N) is 1. The van der Waals surface area contributed by atoms with Gasteiger partial charge in [0.2, 0.25) is 0 Å². The van der Waals surface area contributed by atoms with E-state index in [9.17, 15) is 9.18 Å². The summed E-state index contributed by atoms with van der Waals surface area (Å²) in [6.07, 6.45) is 1.39. The molecule has 4 nitrogen and oxygen atoms in total. The lowest BCUT2D eigenvalue weighted by molar-refractivity contribution is 0.0959. The van der Waals surface area contributed by atoms with Gasteiger partial charge < -0.3 is 4.42 Å². The number of benzene rings is 1. The maximum absolute atomic E-state index is 13.2. The summed E-state index contributed by atoms with van der Waals surface area (Å²) >= 11 is 7.28. The Bertz CT molecular complexity index is 885. The van der Waals surface area contributed by atoms with Crippen LogP contribution in [0.3, 0.4) is 0 Å². The summed E-state index contributed by atoms with van der Waals surface area (Å²) in [6, 6.07) is 7.73. The van der Waals surface area contributed by atoms with Crippen LogP contribution in [0.4, 0.5) is 4.39 Å². The number of nitrogens with one attached hydrogen (secondary N) is 1. The summed E-state index contributed by atoms with van der Waals surface area (Å²) in [6.45, 7) is 1.81. The van der Waals surface area contributed by atoms with E-state index in [0.29, 0.717) is 20.9 Å². The molecular formula is C15H10ClFN2O2S. The molecule has 0 radical (unpaired) electrons. The molecule has 0 aliphatic carbocycles. The number of aryl methyl sites for hydroxylation is 1. The Labute approximate surface area is 134 Å². The highest BCUT2D eigenvalue weighted by Gasteiger charge is 2.17. The zero-order chi connectivity index (χ0) is 15.7. The van der Waals surface area contributed by atoms with Gasteiger partial charge in [-0.2, -0.15) is 5.10 Å². The lowest BCUT2D eigenvalue weighted by Gasteiger charge is -1.96. The zero-order valence-corrected chi connectivity index (χ0v) is 13.0. The van der Waals surface area contributed by atoms with Gasteiger partial charge in [0.15, 0.2) is 0 Å². The third-order valence-electron chi connectivity index (χ3n) is 2.92. The van der Waals surface area contributed by atoms with E-state index in [0.717, 1.165) is 17.1 Å². The van der Waals surface area contributed by atoms with E-state index in [-0.39, 0.29) is 10.7 Å². The van der Waals surface area contributed by atoms with Crippen LogP contribution in [-0.4, -0.2) is 12.1 Å². The number of amides is 1. The Balaban J connectivity index is 1.80. The summed E-state index contributed by atoms with van der Waals surface area (Å²) in [4.78, 5) is 12.4. The standard InChI is InChI=1S/C15H10ClFN2O2S/c1-8-2-4-10(21-8)7-18-19-15(20)14-13(16)11-5-3-9(17)6-12(11)22-14/h2-7H,1H3,(H,19,20). The van der Waals surface area contributed by atoms with Crippen molar-refractivity contribution in [3.8, 4) is 0 Å². The van der Waals surface area contributed by atoms with Crippen molar-refractivity contribution in [2.75, 3.05) is 0 Å². The van der Waals surface area contributed by atoms with Crippen molar-refractivity contribution >= 4 is 45.1 Å². The largest absolute Gasteiger partial charge is 0.460 e. The van der Waals surface area contributed by atoms with Crippen molar-refractivity contribution in [3.05, 3.63) is 57.6 Å². The summed E-state index contributed by atoms with van der Waals surface area (Å²) in [5.41, 5.74) is 2.38. The zero-order valence-electron chi connectivity index (χ0n) is 11.4. The van der Waals surface area contributed by atoms with E-state index in [1.54, 1.807) is 18.2 Å². The highest BCUT2D eigenvalue weighted by molar-refractivity contribution is 7.21. The second-order valence-electron chi connectivity index (χ2n) is 4.53. The number of halogens is 2. The van der Waals surface area contributed by atoms with Crippen LogP contribution in [0.2, 0.25) is 5.02 Å². The van der Waals surface area contributed by atoms with Crippen LogP contribution in [0.25, 0.3) is 10.1 Å². The number of carbonyl (C=O) groups excluding carboxylic acids is 1. The molecule has 0 saturated carbocycles. The number of carbonyl (C=O) groups is 1. The maximum atomic E-state index is 13.2. The Morgan fingerprint density at radius 1 is 1.41 bits per heavy atom. The number of hydrogen-bond donors (Lipinski definition) is 1. The van der Waals surface area contributed by atoms with E-state index in [1.807, 2.05) is 6.92 Å². The van der Waals surface area contributed by atoms with Gasteiger partial charge >= 0.3 is 0 Å². The van der Waals surface area contributed by atoms with Crippen LogP contribution in [0.15, 0.2) is 39.9 Å². The van der Waals surface area contributed by atoms with Gasteiger partial charge in [0, 0.05) is 10.1 Å². The third kappa shape index (κ3) is 2.88. The number of thiophene rings is 1. The maximum Gasteiger partial charge on any atom is 0.283 e. The van der Waals surface area contributed by atoms with Crippen LogP contribution in [0.1, 0.15) is 21.2 Å². The second kappa shape index (κ2) is 5.90. The average molecular weight is 337 g/mol. The molecule has 1 N–H and O–H groups in total. The van der Waals surface area contributed by atoms with Crippen molar-refractivity contribution in [3.63, 3.8) is 0 Å². The molecule has 3 aromatic rings. The molecule has 0 saturated heterocycles. The Hall–Kier alpha value is -2.18. The van der Waals surface area contributed by atoms with Crippen LogP contribution < -0.4 is 5.43 Å². The Morgan fingerprint density at radius 3 is 2.95 bits per heavy atom. The van der Waals surface area contributed by atoms with E-state index < -0.39 is 5.91 Å². The number of furan rings is 1. The van der Waals surface area contributed by atoms with Crippen molar-refractivity contribution in [2.24, 2.45) is 5.10 Å². The van der Waals surface area contributed by atoms with Gasteiger partial charge in [-0.3, -0.25) is 4.79 Å². The molecule has 2 aromatic heterocycles. The first kappa shape index (κ1) is 14.7. The molecule has 0 fully saturated rings. The summed E-state index contributed by atoms with van der Waals surface area (Å²) in [5, 5.41) is 4.75. The molecule has 0 aliphatic rings. The first-order valence-corrected chi connectivity index (χ1v) is 7.51. The van der Waals surface area contributed by atoms with Gasteiger partial charge in [-0.15, -0.1) is 11.3 Å². The summed E-state index contributed by atoms with van der Waals surface area (Å²) in [5.74, 6) is 0.458. The number of hydrogen-bond acceptors (Lipinski definition) is 4.